The Morgan fingerprint density at radius 2 is 1.81 bits per heavy atom. The Hall–Kier alpha value is -4.15. The van der Waals surface area contributed by atoms with Crippen molar-refractivity contribution in [3.63, 3.8) is 0 Å². The van der Waals surface area contributed by atoms with E-state index in [2.05, 4.69) is 21.2 Å². The minimum Gasteiger partial charge on any atom is -0.497 e. The minimum absolute atomic E-state index is 0.252. The van der Waals surface area contributed by atoms with Crippen LogP contribution in [0.25, 0.3) is 6.08 Å². The molecule has 1 N–H and O–H groups in total. The monoisotopic (exact) mass is 661 g/mol. The molecular formula is C33H32BrN3O5S. The third kappa shape index (κ3) is 6.03. The molecule has 2 heterocycles. The lowest BCUT2D eigenvalue weighted by atomic mass is 9.95. The van der Waals surface area contributed by atoms with Gasteiger partial charge in [0.15, 0.2) is 16.3 Å². The number of carbonyl (C=O) groups excluding carboxylic acids is 1. The van der Waals surface area contributed by atoms with Gasteiger partial charge in [0.1, 0.15) is 5.75 Å². The van der Waals surface area contributed by atoms with E-state index >= 15 is 0 Å². The molecule has 0 bridgehead atoms. The Balaban J connectivity index is 1.66. The van der Waals surface area contributed by atoms with Crippen molar-refractivity contribution in [1.29, 1.82) is 0 Å². The average Bonchev–Trinajstić information content (AvgIpc) is 3.28. The Kier molecular flexibility index (Phi) is 8.89. The molecule has 0 saturated heterocycles. The van der Waals surface area contributed by atoms with Crippen molar-refractivity contribution >= 4 is 44.9 Å². The second kappa shape index (κ2) is 12.6. The van der Waals surface area contributed by atoms with Crippen LogP contribution in [0.15, 0.2) is 80.1 Å². The van der Waals surface area contributed by atoms with Crippen LogP contribution in [0.2, 0.25) is 0 Å². The van der Waals surface area contributed by atoms with Crippen LogP contribution in [-0.4, -0.2) is 31.3 Å². The summed E-state index contributed by atoms with van der Waals surface area (Å²) in [5.74, 6) is 1.50. The van der Waals surface area contributed by atoms with Crippen molar-refractivity contribution in [1.82, 2.24) is 4.57 Å². The number of hydrogen-bond acceptors (Lipinski definition) is 7. The summed E-state index contributed by atoms with van der Waals surface area (Å²) in [6.07, 6.45) is 1.80. The molecular weight excluding hydrogens is 630 g/mol. The van der Waals surface area contributed by atoms with Gasteiger partial charge >= 0.3 is 0 Å². The molecule has 4 aromatic rings. The first kappa shape index (κ1) is 30.3. The van der Waals surface area contributed by atoms with Crippen LogP contribution in [-0.2, 0) is 4.79 Å². The fourth-order valence-electron chi connectivity index (χ4n) is 5.12. The molecule has 8 nitrogen and oxygen atoms in total. The van der Waals surface area contributed by atoms with Crippen molar-refractivity contribution < 1.29 is 19.0 Å². The molecule has 0 aliphatic carbocycles. The average molecular weight is 663 g/mol. The van der Waals surface area contributed by atoms with E-state index < -0.39 is 6.04 Å². The molecule has 3 aromatic carbocycles. The molecule has 0 unspecified atom stereocenters. The van der Waals surface area contributed by atoms with E-state index in [1.165, 1.54) is 11.3 Å². The van der Waals surface area contributed by atoms with Crippen molar-refractivity contribution in [3.8, 4) is 17.2 Å². The number of benzene rings is 3. The van der Waals surface area contributed by atoms with Crippen LogP contribution >= 0.6 is 27.3 Å². The zero-order valence-corrected chi connectivity index (χ0v) is 27.2. The maximum absolute atomic E-state index is 14.1. The first-order valence-corrected chi connectivity index (χ1v) is 15.3. The van der Waals surface area contributed by atoms with E-state index in [9.17, 15) is 9.59 Å². The van der Waals surface area contributed by atoms with Gasteiger partial charge in [-0.3, -0.25) is 14.2 Å². The highest BCUT2D eigenvalue weighted by molar-refractivity contribution is 9.10. The number of carbonyl (C=O) groups is 1. The van der Waals surface area contributed by atoms with Gasteiger partial charge in [-0.15, -0.1) is 0 Å². The van der Waals surface area contributed by atoms with Gasteiger partial charge in [0.25, 0.3) is 11.5 Å². The highest BCUT2D eigenvalue weighted by Crippen LogP contribution is 2.37. The van der Waals surface area contributed by atoms with Crippen molar-refractivity contribution in [2.75, 3.05) is 26.1 Å². The Morgan fingerprint density at radius 3 is 2.47 bits per heavy atom. The van der Waals surface area contributed by atoms with Gasteiger partial charge in [0.2, 0.25) is 0 Å². The third-order valence-corrected chi connectivity index (χ3v) is 8.74. The third-order valence-electron chi connectivity index (χ3n) is 7.17. The van der Waals surface area contributed by atoms with Crippen LogP contribution in [0.1, 0.15) is 42.1 Å². The molecule has 0 saturated carbocycles. The molecule has 1 amide bonds. The van der Waals surface area contributed by atoms with E-state index in [0.717, 1.165) is 22.3 Å². The SMILES string of the molecule is CCOc1c(Br)cc(/C=c2/sc3n(c2=O)[C@@H](c2ccc(OC)cc2)C(C(=O)Nc2ccc(C)cc2C)=C(C)N=3)cc1OC. The fourth-order valence-corrected chi connectivity index (χ4v) is 6.74. The molecule has 0 spiro atoms. The van der Waals surface area contributed by atoms with Crippen molar-refractivity contribution in [2.24, 2.45) is 4.99 Å². The zero-order chi connectivity index (χ0) is 30.8. The molecule has 0 radical (unpaired) electrons. The van der Waals surface area contributed by atoms with Crippen LogP contribution in [0.5, 0.6) is 17.2 Å². The Bertz CT molecular complexity index is 1930. The number of hydrogen-bond donors (Lipinski definition) is 1. The number of nitrogens with one attached hydrogen (secondary N) is 1. The Labute approximate surface area is 262 Å². The number of ether oxygens (including phenoxy) is 3. The number of thiazole rings is 1. The molecule has 43 heavy (non-hydrogen) atoms. The number of rotatable bonds is 8. The molecule has 10 heteroatoms. The largest absolute Gasteiger partial charge is 0.497 e. The van der Waals surface area contributed by atoms with Gasteiger partial charge in [-0.05, 0) is 96.7 Å². The van der Waals surface area contributed by atoms with Crippen LogP contribution in [0, 0.1) is 13.8 Å². The molecule has 5 rings (SSSR count). The fraction of sp³-hybridized carbons (Fsp3) is 0.242. The minimum atomic E-state index is -0.698. The van der Waals surface area contributed by atoms with E-state index in [1.54, 1.807) is 31.8 Å². The number of fused-ring (bicyclic) bond motifs is 1. The van der Waals surface area contributed by atoms with Gasteiger partial charge in [-0.25, -0.2) is 4.99 Å². The normalized spacial score (nSPS) is 14.7. The van der Waals surface area contributed by atoms with E-state index in [0.29, 0.717) is 54.6 Å². The van der Waals surface area contributed by atoms with Crippen LogP contribution in [0.4, 0.5) is 5.69 Å². The summed E-state index contributed by atoms with van der Waals surface area (Å²) in [6, 6.07) is 16.2. The second-order valence-electron chi connectivity index (χ2n) is 10.1. The van der Waals surface area contributed by atoms with Gasteiger partial charge < -0.3 is 19.5 Å². The van der Waals surface area contributed by atoms with Crippen LogP contribution < -0.4 is 34.4 Å². The summed E-state index contributed by atoms with van der Waals surface area (Å²) >= 11 is 4.84. The summed E-state index contributed by atoms with van der Waals surface area (Å²) in [5, 5.41) is 3.06. The van der Waals surface area contributed by atoms with Gasteiger partial charge in [-0.1, -0.05) is 41.2 Å². The highest BCUT2D eigenvalue weighted by atomic mass is 79.9. The van der Waals surface area contributed by atoms with E-state index in [1.807, 2.05) is 75.4 Å². The van der Waals surface area contributed by atoms with Crippen molar-refractivity contribution in [2.45, 2.75) is 33.7 Å². The predicted molar refractivity (Wildman–Crippen MR) is 173 cm³/mol. The molecule has 1 aromatic heterocycles. The summed E-state index contributed by atoms with van der Waals surface area (Å²) < 4.78 is 19.4. The number of nitrogens with zero attached hydrogens (tertiary/aromatic N) is 2. The highest BCUT2D eigenvalue weighted by Gasteiger charge is 2.32. The molecule has 1 aliphatic heterocycles. The van der Waals surface area contributed by atoms with Crippen LogP contribution in [0.3, 0.4) is 0 Å². The number of allylic oxidation sites excluding steroid dienone is 1. The zero-order valence-electron chi connectivity index (χ0n) is 24.8. The van der Waals surface area contributed by atoms with Crippen molar-refractivity contribution in [3.05, 3.63) is 112 Å². The number of amides is 1. The Morgan fingerprint density at radius 1 is 1.07 bits per heavy atom. The number of methoxy groups -OCH3 is 2. The molecule has 0 fully saturated rings. The quantitative estimate of drug-likeness (QED) is 0.263. The maximum atomic E-state index is 14.1. The topological polar surface area (TPSA) is 91.2 Å². The number of aromatic nitrogens is 1. The standard InChI is InChI=1S/C33H32BrN3O5S/c1-7-42-30-24(34)15-21(16-26(30)41-6)17-27-32(39)37-29(22-9-11-23(40-5)12-10-22)28(20(4)35-33(37)43-27)31(38)36-25-13-8-18(2)14-19(25)3/h8-17,29H,7H2,1-6H3,(H,36,38)/b27-17+/t29-/m0/s1. The number of aryl methyl sites for hydroxylation is 2. The van der Waals surface area contributed by atoms with E-state index in [-0.39, 0.29) is 11.5 Å². The molecule has 222 valence electrons. The van der Waals surface area contributed by atoms with Gasteiger partial charge in [0.05, 0.1) is 47.1 Å². The number of halogens is 1. The molecule has 1 atom stereocenters. The predicted octanol–water partition coefficient (Wildman–Crippen LogP) is 5.67. The lowest BCUT2D eigenvalue weighted by Gasteiger charge is -2.25. The lowest BCUT2D eigenvalue weighted by Crippen LogP contribution is -2.40. The first-order valence-electron chi connectivity index (χ1n) is 13.7. The first-order chi connectivity index (χ1) is 20.6. The van der Waals surface area contributed by atoms with E-state index in [4.69, 9.17) is 19.2 Å². The second-order valence-corrected chi connectivity index (χ2v) is 12.0. The molecule has 1 aliphatic rings. The lowest BCUT2D eigenvalue weighted by molar-refractivity contribution is -0.113. The smallest absolute Gasteiger partial charge is 0.271 e. The summed E-state index contributed by atoms with van der Waals surface area (Å²) in [6.45, 7) is 8.15. The summed E-state index contributed by atoms with van der Waals surface area (Å²) in [4.78, 5) is 33.3. The van der Waals surface area contributed by atoms with Gasteiger partial charge in [-0.2, -0.15) is 0 Å². The number of anilines is 1. The summed E-state index contributed by atoms with van der Waals surface area (Å²) in [7, 11) is 3.17. The maximum Gasteiger partial charge on any atom is 0.271 e. The summed E-state index contributed by atoms with van der Waals surface area (Å²) in [5.41, 5.74) is 4.96. The van der Waals surface area contributed by atoms with Gasteiger partial charge in [0, 0.05) is 5.69 Å².